The first-order valence-corrected chi connectivity index (χ1v) is 9.61. The number of nitrogens with zero attached hydrogens (tertiary/aromatic N) is 3. The molecule has 0 saturated heterocycles. The van der Waals surface area contributed by atoms with Gasteiger partial charge < -0.3 is 5.73 Å². The lowest BCUT2D eigenvalue weighted by atomic mass is 10.1. The third-order valence-electron chi connectivity index (χ3n) is 3.37. The molecule has 0 aliphatic heterocycles. The number of hydrogen-bond donors (Lipinski definition) is 1. The second-order valence-corrected chi connectivity index (χ2v) is 7.54. The fraction of sp³-hybridized carbons (Fsp3) is 0.667. The van der Waals surface area contributed by atoms with E-state index in [1.54, 1.807) is 17.5 Å². The van der Waals surface area contributed by atoms with E-state index in [0.717, 1.165) is 20.4 Å². The normalized spacial score (nSPS) is 11.3. The van der Waals surface area contributed by atoms with Crippen LogP contribution >= 0.6 is 23.1 Å². The SMILES string of the molecule is CCCCCCCCCCSc1nc2cnc(N)nc2s1. The van der Waals surface area contributed by atoms with Crippen molar-refractivity contribution in [2.24, 2.45) is 0 Å². The van der Waals surface area contributed by atoms with Crippen molar-refractivity contribution in [1.82, 2.24) is 15.0 Å². The molecule has 0 bridgehead atoms. The fourth-order valence-electron chi connectivity index (χ4n) is 2.19. The molecule has 6 heteroatoms. The second kappa shape index (κ2) is 9.20. The molecule has 0 aliphatic carbocycles. The monoisotopic (exact) mass is 324 g/mol. The molecule has 0 aliphatic rings. The van der Waals surface area contributed by atoms with E-state index in [-0.39, 0.29) is 0 Å². The zero-order valence-electron chi connectivity index (χ0n) is 12.7. The first-order valence-electron chi connectivity index (χ1n) is 7.81. The van der Waals surface area contributed by atoms with E-state index in [2.05, 4.69) is 21.9 Å². The number of thiazole rings is 1. The molecule has 0 amide bonds. The molecule has 0 fully saturated rings. The van der Waals surface area contributed by atoms with Gasteiger partial charge in [-0.2, -0.15) is 0 Å². The van der Waals surface area contributed by atoms with E-state index in [1.165, 1.54) is 51.4 Å². The predicted octanol–water partition coefficient (Wildman–Crippen LogP) is 4.90. The van der Waals surface area contributed by atoms with Gasteiger partial charge in [-0.05, 0) is 6.42 Å². The lowest BCUT2D eigenvalue weighted by molar-refractivity contribution is 0.586. The largest absolute Gasteiger partial charge is 0.368 e. The molecule has 0 spiro atoms. The molecule has 2 N–H and O–H groups in total. The Balaban J connectivity index is 1.59. The molecule has 0 radical (unpaired) electrons. The van der Waals surface area contributed by atoms with Crippen molar-refractivity contribution < 1.29 is 0 Å². The summed E-state index contributed by atoms with van der Waals surface area (Å²) in [5.74, 6) is 1.46. The minimum absolute atomic E-state index is 0.325. The van der Waals surface area contributed by atoms with Gasteiger partial charge in [-0.3, -0.25) is 0 Å². The van der Waals surface area contributed by atoms with Crippen LogP contribution in [-0.2, 0) is 0 Å². The fourth-order valence-corrected chi connectivity index (χ4v) is 4.25. The minimum atomic E-state index is 0.325. The van der Waals surface area contributed by atoms with Gasteiger partial charge in [-0.1, -0.05) is 75.0 Å². The summed E-state index contributed by atoms with van der Waals surface area (Å²) in [5.41, 5.74) is 6.44. The van der Waals surface area contributed by atoms with E-state index in [4.69, 9.17) is 5.73 Å². The Morgan fingerprint density at radius 1 is 1.05 bits per heavy atom. The van der Waals surface area contributed by atoms with E-state index < -0.39 is 0 Å². The van der Waals surface area contributed by atoms with Crippen LogP contribution in [0, 0.1) is 0 Å². The molecule has 2 aromatic heterocycles. The third-order valence-corrected chi connectivity index (χ3v) is 5.57. The van der Waals surface area contributed by atoms with Gasteiger partial charge >= 0.3 is 0 Å². The van der Waals surface area contributed by atoms with Crippen LogP contribution in [0.15, 0.2) is 10.5 Å². The zero-order valence-corrected chi connectivity index (χ0v) is 14.3. The summed E-state index contributed by atoms with van der Waals surface area (Å²) in [6, 6.07) is 0. The molecule has 2 rings (SSSR count). The van der Waals surface area contributed by atoms with Gasteiger partial charge in [-0.15, -0.1) is 0 Å². The van der Waals surface area contributed by atoms with Crippen molar-refractivity contribution in [2.75, 3.05) is 11.5 Å². The van der Waals surface area contributed by atoms with Gasteiger partial charge in [0.25, 0.3) is 0 Å². The van der Waals surface area contributed by atoms with E-state index in [9.17, 15) is 0 Å². The van der Waals surface area contributed by atoms with Crippen LogP contribution in [0.25, 0.3) is 10.3 Å². The molecule has 2 aromatic rings. The van der Waals surface area contributed by atoms with Crippen molar-refractivity contribution in [3.8, 4) is 0 Å². The summed E-state index contributed by atoms with van der Waals surface area (Å²) < 4.78 is 1.08. The highest BCUT2D eigenvalue weighted by Gasteiger charge is 2.06. The third kappa shape index (κ3) is 5.79. The number of aromatic nitrogens is 3. The topological polar surface area (TPSA) is 64.7 Å². The Kier molecular flexibility index (Phi) is 7.23. The van der Waals surface area contributed by atoms with Crippen molar-refractivity contribution in [2.45, 2.75) is 62.6 Å². The Labute approximate surface area is 135 Å². The maximum Gasteiger partial charge on any atom is 0.221 e. The maximum absolute atomic E-state index is 5.58. The van der Waals surface area contributed by atoms with Gasteiger partial charge in [0.2, 0.25) is 5.95 Å². The van der Waals surface area contributed by atoms with E-state index in [1.807, 2.05) is 11.8 Å². The number of unbranched alkanes of at least 4 members (excludes halogenated alkanes) is 7. The number of hydrogen-bond acceptors (Lipinski definition) is 6. The van der Waals surface area contributed by atoms with Crippen LogP contribution in [0.4, 0.5) is 5.95 Å². The Morgan fingerprint density at radius 2 is 1.76 bits per heavy atom. The molecular formula is C15H24N4S2. The van der Waals surface area contributed by atoms with Crippen molar-refractivity contribution in [3.63, 3.8) is 0 Å². The summed E-state index contributed by atoms with van der Waals surface area (Å²) in [7, 11) is 0. The van der Waals surface area contributed by atoms with Crippen LogP contribution in [0.1, 0.15) is 58.3 Å². The number of fused-ring (bicyclic) bond motifs is 1. The summed E-state index contributed by atoms with van der Waals surface area (Å²) in [6.45, 7) is 2.26. The summed E-state index contributed by atoms with van der Waals surface area (Å²) in [6.07, 6.45) is 12.6. The predicted molar refractivity (Wildman–Crippen MR) is 93.0 cm³/mol. The minimum Gasteiger partial charge on any atom is -0.368 e. The number of nitrogen functional groups attached to an aromatic ring is 1. The van der Waals surface area contributed by atoms with Crippen LogP contribution in [0.3, 0.4) is 0 Å². The molecule has 0 saturated carbocycles. The first-order chi connectivity index (χ1) is 10.3. The van der Waals surface area contributed by atoms with Crippen LogP contribution in [0.2, 0.25) is 0 Å². The maximum atomic E-state index is 5.58. The molecule has 0 aromatic carbocycles. The Morgan fingerprint density at radius 3 is 2.52 bits per heavy atom. The lowest BCUT2D eigenvalue weighted by Gasteiger charge is -2.00. The van der Waals surface area contributed by atoms with E-state index in [0.29, 0.717) is 5.95 Å². The number of nitrogens with two attached hydrogens (primary N) is 1. The molecule has 2 heterocycles. The van der Waals surface area contributed by atoms with E-state index >= 15 is 0 Å². The van der Waals surface area contributed by atoms with Crippen molar-refractivity contribution >= 4 is 39.4 Å². The van der Waals surface area contributed by atoms with Gasteiger partial charge in [0.15, 0.2) is 4.34 Å². The average Bonchev–Trinajstić information content (AvgIpc) is 2.87. The number of anilines is 1. The van der Waals surface area contributed by atoms with Gasteiger partial charge in [0, 0.05) is 5.75 Å². The molecule has 4 nitrogen and oxygen atoms in total. The lowest BCUT2D eigenvalue weighted by Crippen LogP contribution is -1.92. The smallest absolute Gasteiger partial charge is 0.221 e. The van der Waals surface area contributed by atoms with Crippen LogP contribution in [-0.4, -0.2) is 20.7 Å². The van der Waals surface area contributed by atoms with Gasteiger partial charge in [0.05, 0.1) is 6.20 Å². The Bertz CT molecular complexity index is 541. The van der Waals surface area contributed by atoms with Gasteiger partial charge in [-0.25, -0.2) is 15.0 Å². The number of thioether (sulfide) groups is 1. The first kappa shape index (κ1) is 16.5. The van der Waals surface area contributed by atoms with Crippen LogP contribution < -0.4 is 5.73 Å². The molecule has 21 heavy (non-hydrogen) atoms. The average molecular weight is 325 g/mol. The molecular weight excluding hydrogens is 300 g/mol. The summed E-state index contributed by atoms with van der Waals surface area (Å²) in [5, 5.41) is 0. The highest BCUT2D eigenvalue weighted by Crippen LogP contribution is 2.29. The quantitative estimate of drug-likeness (QED) is 0.497. The summed E-state index contributed by atoms with van der Waals surface area (Å²) >= 11 is 3.43. The molecule has 0 unspecified atom stereocenters. The Hall–Kier alpha value is -0.880. The second-order valence-electron chi connectivity index (χ2n) is 5.22. The standard InChI is InChI=1S/C15H24N4S2/c1-2-3-4-5-6-7-8-9-10-20-15-18-12-11-17-14(16)19-13(12)21-15/h11H,2-10H2,1H3,(H2,16,17,19). The number of rotatable bonds is 10. The van der Waals surface area contributed by atoms with Crippen molar-refractivity contribution in [3.05, 3.63) is 6.20 Å². The van der Waals surface area contributed by atoms with Crippen LogP contribution in [0.5, 0.6) is 0 Å². The molecule has 116 valence electrons. The summed E-state index contributed by atoms with van der Waals surface area (Å²) in [4.78, 5) is 13.6. The van der Waals surface area contributed by atoms with Gasteiger partial charge in [0.1, 0.15) is 10.3 Å². The highest BCUT2D eigenvalue weighted by molar-refractivity contribution is 8.01. The zero-order chi connectivity index (χ0) is 14.9. The molecule has 0 atom stereocenters. The van der Waals surface area contributed by atoms with Crippen molar-refractivity contribution in [1.29, 1.82) is 0 Å². The highest BCUT2D eigenvalue weighted by atomic mass is 32.2.